The molecule has 0 aliphatic heterocycles. The molecule has 0 unspecified atom stereocenters. The second kappa shape index (κ2) is 9.28. The van der Waals surface area contributed by atoms with E-state index in [9.17, 15) is 0 Å². The van der Waals surface area contributed by atoms with Crippen LogP contribution in [0.3, 0.4) is 0 Å². The summed E-state index contributed by atoms with van der Waals surface area (Å²) in [5.41, 5.74) is 1.09. The molecule has 0 aliphatic carbocycles. The lowest BCUT2D eigenvalue weighted by Gasteiger charge is -2.18. The summed E-state index contributed by atoms with van der Waals surface area (Å²) in [6.45, 7) is 11.9. The molecule has 0 saturated carbocycles. The zero-order valence-corrected chi connectivity index (χ0v) is 13.7. The van der Waals surface area contributed by atoms with Gasteiger partial charge in [0.05, 0.1) is 0 Å². The first kappa shape index (κ1) is 16.4. The number of pyridine rings is 1. The molecule has 0 spiro atoms. The van der Waals surface area contributed by atoms with Gasteiger partial charge in [0.15, 0.2) is 0 Å². The minimum Gasteiger partial charge on any atom is -0.476 e. The summed E-state index contributed by atoms with van der Waals surface area (Å²) in [6.07, 6.45) is 1.78. The standard InChI is InChI=1S/C14H24BrN3O/c1-4-16-10-12-9-13(15)11-17-14(12)19-8-7-18(5-2)6-3/h9,11,16H,4-8,10H2,1-3H3. The largest absolute Gasteiger partial charge is 0.476 e. The zero-order valence-electron chi connectivity index (χ0n) is 12.1. The molecule has 0 atom stereocenters. The summed E-state index contributed by atoms with van der Waals surface area (Å²) in [6, 6.07) is 2.06. The van der Waals surface area contributed by atoms with Crippen molar-refractivity contribution in [1.82, 2.24) is 15.2 Å². The molecule has 108 valence electrons. The van der Waals surface area contributed by atoms with Crippen LogP contribution in [0.4, 0.5) is 0 Å². The van der Waals surface area contributed by atoms with Crippen molar-refractivity contribution in [3.8, 4) is 5.88 Å². The van der Waals surface area contributed by atoms with Gasteiger partial charge in [0.2, 0.25) is 5.88 Å². The Kier molecular flexibility index (Phi) is 8.02. The number of hydrogen-bond acceptors (Lipinski definition) is 4. The number of nitrogens with zero attached hydrogens (tertiary/aromatic N) is 2. The van der Waals surface area contributed by atoms with Gasteiger partial charge in [-0.25, -0.2) is 4.98 Å². The van der Waals surface area contributed by atoms with E-state index in [0.717, 1.165) is 48.6 Å². The highest BCUT2D eigenvalue weighted by Gasteiger charge is 2.07. The topological polar surface area (TPSA) is 37.4 Å². The third-order valence-electron chi connectivity index (χ3n) is 3.00. The molecular weight excluding hydrogens is 306 g/mol. The minimum atomic E-state index is 0.676. The predicted molar refractivity (Wildman–Crippen MR) is 82.6 cm³/mol. The van der Waals surface area contributed by atoms with Crippen molar-refractivity contribution in [3.05, 3.63) is 22.3 Å². The van der Waals surface area contributed by atoms with Gasteiger partial charge in [0, 0.05) is 29.3 Å². The number of likely N-dealkylation sites (N-methyl/N-ethyl adjacent to an activating group) is 1. The lowest BCUT2D eigenvalue weighted by molar-refractivity contribution is 0.216. The summed E-state index contributed by atoms with van der Waals surface area (Å²) in [7, 11) is 0. The van der Waals surface area contributed by atoms with Crippen LogP contribution in [0.5, 0.6) is 5.88 Å². The van der Waals surface area contributed by atoms with Gasteiger partial charge in [-0.15, -0.1) is 0 Å². The van der Waals surface area contributed by atoms with E-state index < -0.39 is 0 Å². The van der Waals surface area contributed by atoms with Crippen molar-refractivity contribution in [2.24, 2.45) is 0 Å². The SMILES string of the molecule is CCNCc1cc(Br)cnc1OCCN(CC)CC. The molecule has 19 heavy (non-hydrogen) atoms. The lowest BCUT2D eigenvalue weighted by Crippen LogP contribution is -2.28. The van der Waals surface area contributed by atoms with Crippen LogP contribution in [0.25, 0.3) is 0 Å². The number of hydrogen-bond donors (Lipinski definition) is 1. The molecule has 1 aromatic rings. The minimum absolute atomic E-state index is 0.676. The first-order chi connectivity index (χ1) is 9.21. The second-order valence-electron chi connectivity index (χ2n) is 4.27. The van der Waals surface area contributed by atoms with E-state index in [2.05, 4.69) is 58.0 Å². The van der Waals surface area contributed by atoms with Gasteiger partial charge in [0.25, 0.3) is 0 Å². The Morgan fingerprint density at radius 2 is 2.05 bits per heavy atom. The van der Waals surface area contributed by atoms with Crippen molar-refractivity contribution in [2.75, 3.05) is 32.8 Å². The normalized spacial score (nSPS) is 11.0. The number of ether oxygens (including phenoxy) is 1. The molecule has 1 N–H and O–H groups in total. The second-order valence-corrected chi connectivity index (χ2v) is 5.19. The highest BCUT2D eigenvalue weighted by Crippen LogP contribution is 2.19. The first-order valence-corrected chi connectivity index (χ1v) is 7.70. The number of rotatable bonds is 9. The molecule has 0 radical (unpaired) electrons. The van der Waals surface area contributed by atoms with Gasteiger partial charge in [-0.1, -0.05) is 20.8 Å². The van der Waals surface area contributed by atoms with Crippen LogP contribution in [-0.2, 0) is 6.54 Å². The maximum Gasteiger partial charge on any atom is 0.217 e. The smallest absolute Gasteiger partial charge is 0.217 e. The molecule has 0 bridgehead atoms. The monoisotopic (exact) mass is 329 g/mol. The molecule has 0 amide bonds. The summed E-state index contributed by atoms with van der Waals surface area (Å²) < 4.78 is 6.79. The van der Waals surface area contributed by atoms with Crippen LogP contribution in [0.1, 0.15) is 26.3 Å². The van der Waals surface area contributed by atoms with Crippen molar-refractivity contribution in [3.63, 3.8) is 0 Å². The average Bonchev–Trinajstić information content (AvgIpc) is 2.43. The van der Waals surface area contributed by atoms with Gasteiger partial charge in [-0.05, 0) is 41.6 Å². The Hall–Kier alpha value is -0.650. The van der Waals surface area contributed by atoms with Crippen molar-refractivity contribution < 1.29 is 4.74 Å². The Morgan fingerprint density at radius 3 is 2.68 bits per heavy atom. The summed E-state index contributed by atoms with van der Waals surface area (Å²) in [5, 5.41) is 3.30. The quantitative estimate of drug-likeness (QED) is 0.755. The number of halogens is 1. The molecule has 0 aromatic carbocycles. The van der Waals surface area contributed by atoms with E-state index in [4.69, 9.17) is 4.74 Å². The third kappa shape index (κ3) is 5.89. The maximum absolute atomic E-state index is 5.81. The van der Waals surface area contributed by atoms with Crippen molar-refractivity contribution in [2.45, 2.75) is 27.3 Å². The average molecular weight is 330 g/mol. The Balaban J connectivity index is 2.56. The highest BCUT2D eigenvalue weighted by molar-refractivity contribution is 9.10. The van der Waals surface area contributed by atoms with Crippen LogP contribution in [0.15, 0.2) is 16.7 Å². The van der Waals surface area contributed by atoms with Gasteiger partial charge in [0.1, 0.15) is 6.61 Å². The number of nitrogens with one attached hydrogen (secondary N) is 1. The Labute approximate surface area is 124 Å². The van der Waals surface area contributed by atoms with E-state index >= 15 is 0 Å². The molecule has 1 heterocycles. The van der Waals surface area contributed by atoms with E-state index in [0.29, 0.717) is 6.61 Å². The van der Waals surface area contributed by atoms with Gasteiger partial charge >= 0.3 is 0 Å². The van der Waals surface area contributed by atoms with Crippen LogP contribution < -0.4 is 10.1 Å². The number of aromatic nitrogens is 1. The van der Waals surface area contributed by atoms with E-state index in [1.165, 1.54) is 0 Å². The zero-order chi connectivity index (χ0) is 14.1. The van der Waals surface area contributed by atoms with Crippen molar-refractivity contribution >= 4 is 15.9 Å². The molecular formula is C14H24BrN3O. The van der Waals surface area contributed by atoms with Gasteiger partial charge in [-0.2, -0.15) is 0 Å². The van der Waals surface area contributed by atoms with E-state index in [-0.39, 0.29) is 0 Å². The van der Waals surface area contributed by atoms with Gasteiger partial charge < -0.3 is 15.0 Å². The highest BCUT2D eigenvalue weighted by atomic mass is 79.9. The first-order valence-electron chi connectivity index (χ1n) is 6.91. The molecule has 0 saturated heterocycles. The summed E-state index contributed by atoms with van der Waals surface area (Å²) in [5.74, 6) is 0.733. The summed E-state index contributed by atoms with van der Waals surface area (Å²) in [4.78, 5) is 6.69. The summed E-state index contributed by atoms with van der Waals surface area (Å²) >= 11 is 3.45. The predicted octanol–water partition coefficient (Wildman–Crippen LogP) is 2.67. The van der Waals surface area contributed by atoms with Crippen LogP contribution in [0.2, 0.25) is 0 Å². The molecule has 1 rings (SSSR count). The molecule has 0 aliphatic rings. The lowest BCUT2D eigenvalue weighted by atomic mass is 10.2. The van der Waals surface area contributed by atoms with E-state index in [1.54, 1.807) is 6.20 Å². The molecule has 0 fully saturated rings. The van der Waals surface area contributed by atoms with Crippen LogP contribution in [-0.4, -0.2) is 42.7 Å². The maximum atomic E-state index is 5.81. The fraction of sp³-hybridized carbons (Fsp3) is 0.643. The van der Waals surface area contributed by atoms with Crippen LogP contribution >= 0.6 is 15.9 Å². The third-order valence-corrected chi connectivity index (χ3v) is 3.43. The fourth-order valence-corrected chi connectivity index (χ4v) is 2.17. The van der Waals surface area contributed by atoms with Crippen LogP contribution in [0, 0.1) is 0 Å². The van der Waals surface area contributed by atoms with E-state index in [1.807, 2.05) is 0 Å². The van der Waals surface area contributed by atoms with Gasteiger partial charge in [-0.3, -0.25) is 0 Å². The molecule has 4 nitrogen and oxygen atoms in total. The molecule has 1 aromatic heterocycles. The Bertz CT molecular complexity index is 370. The van der Waals surface area contributed by atoms with Crippen molar-refractivity contribution in [1.29, 1.82) is 0 Å². The fourth-order valence-electron chi connectivity index (χ4n) is 1.80. The Morgan fingerprint density at radius 1 is 1.32 bits per heavy atom. The molecule has 5 heteroatoms.